The summed E-state index contributed by atoms with van der Waals surface area (Å²) in [5, 5.41) is 0. The highest BCUT2D eigenvalue weighted by Crippen LogP contribution is 2.17. The van der Waals surface area contributed by atoms with Gasteiger partial charge in [-0.1, -0.05) is 42.5 Å². The highest BCUT2D eigenvalue weighted by atomic mass is 35.5. The molecule has 3 rings (SSSR count). The van der Waals surface area contributed by atoms with Crippen molar-refractivity contribution in [1.29, 1.82) is 0 Å². The highest BCUT2D eigenvalue weighted by molar-refractivity contribution is 5.85. The first kappa shape index (κ1) is 14.4. The molecule has 0 fully saturated rings. The van der Waals surface area contributed by atoms with Gasteiger partial charge in [-0.3, -0.25) is 0 Å². The van der Waals surface area contributed by atoms with E-state index in [0.717, 1.165) is 16.9 Å². The van der Waals surface area contributed by atoms with E-state index in [0.29, 0.717) is 0 Å². The minimum atomic E-state index is 0. The van der Waals surface area contributed by atoms with Gasteiger partial charge in [0.15, 0.2) is 0 Å². The molecule has 0 spiro atoms. The molecule has 0 saturated heterocycles. The minimum absolute atomic E-state index is 0. The number of aromatic nitrogens is 2. The zero-order chi connectivity index (χ0) is 13.2. The van der Waals surface area contributed by atoms with Gasteiger partial charge in [-0.15, -0.1) is 12.4 Å². The van der Waals surface area contributed by atoms with Crippen LogP contribution < -0.4 is 0 Å². The first-order valence-electron chi connectivity index (χ1n) is 6.43. The van der Waals surface area contributed by atoms with E-state index in [9.17, 15) is 0 Å². The van der Waals surface area contributed by atoms with Crippen LogP contribution in [0.15, 0.2) is 48.7 Å². The molecule has 1 aromatic carbocycles. The van der Waals surface area contributed by atoms with E-state index < -0.39 is 0 Å². The second-order valence-corrected chi connectivity index (χ2v) is 4.68. The lowest BCUT2D eigenvalue weighted by atomic mass is 10.1. The SMILES string of the molecule is Cc1nc2c(C=Cc3ccccc3)cccn2c1C.Cl. The summed E-state index contributed by atoms with van der Waals surface area (Å²) >= 11 is 0. The number of nitrogens with zero attached hydrogens (tertiary/aromatic N) is 2. The van der Waals surface area contributed by atoms with E-state index in [2.05, 4.69) is 58.9 Å². The Labute approximate surface area is 125 Å². The fourth-order valence-electron chi connectivity index (χ4n) is 2.20. The molecule has 20 heavy (non-hydrogen) atoms. The van der Waals surface area contributed by atoms with Gasteiger partial charge in [0, 0.05) is 17.5 Å². The standard InChI is InChI=1S/C17H16N2.ClH/c1-13-14(2)19-12-6-9-16(17(19)18-13)11-10-15-7-4-3-5-8-15;/h3-12H,1-2H3;1H. The Balaban J connectivity index is 0.00000147. The second kappa shape index (κ2) is 5.93. The molecule has 0 aliphatic rings. The van der Waals surface area contributed by atoms with Crippen molar-refractivity contribution in [2.45, 2.75) is 13.8 Å². The second-order valence-electron chi connectivity index (χ2n) is 4.68. The molecule has 0 aliphatic heterocycles. The van der Waals surface area contributed by atoms with Crippen LogP contribution in [0.3, 0.4) is 0 Å². The molecule has 0 unspecified atom stereocenters. The average Bonchev–Trinajstić information content (AvgIpc) is 2.74. The molecule has 3 heteroatoms. The van der Waals surface area contributed by atoms with Crippen LogP contribution >= 0.6 is 12.4 Å². The summed E-state index contributed by atoms with van der Waals surface area (Å²) in [6, 6.07) is 14.5. The molecular formula is C17H17ClN2. The first-order valence-corrected chi connectivity index (χ1v) is 6.43. The fourth-order valence-corrected chi connectivity index (χ4v) is 2.20. The third kappa shape index (κ3) is 2.61. The van der Waals surface area contributed by atoms with Gasteiger partial charge in [0.1, 0.15) is 5.65 Å². The van der Waals surface area contributed by atoms with Crippen LogP contribution in [0, 0.1) is 13.8 Å². The number of pyridine rings is 1. The van der Waals surface area contributed by atoms with Crippen LogP contribution in [0.1, 0.15) is 22.5 Å². The molecule has 0 bridgehead atoms. The minimum Gasteiger partial charge on any atom is -0.304 e. The molecule has 0 aliphatic carbocycles. The quantitative estimate of drug-likeness (QED) is 0.675. The van der Waals surface area contributed by atoms with Gasteiger partial charge in [-0.05, 0) is 31.5 Å². The third-order valence-electron chi connectivity index (χ3n) is 3.41. The lowest BCUT2D eigenvalue weighted by Crippen LogP contribution is -1.88. The zero-order valence-corrected chi connectivity index (χ0v) is 12.4. The summed E-state index contributed by atoms with van der Waals surface area (Å²) in [5.41, 5.74) is 5.64. The number of rotatable bonds is 2. The van der Waals surface area contributed by atoms with Gasteiger partial charge in [0.2, 0.25) is 0 Å². The molecule has 3 aromatic rings. The van der Waals surface area contributed by atoms with Crippen molar-refractivity contribution in [3.05, 3.63) is 71.2 Å². The van der Waals surface area contributed by atoms with Gasteiger partial charge in [0.05, 0.1) is 5.69 Å². The summed E-state index contributed by atoms with van der Waals surface area (Å²) in [7, 11) is 0. The number of aryl methyl sites for hydroxylation is 2. The first-order chi connectivity index (χ1) is 9.25. The molecule has 0 amide bonds. The van der Waals surface area contributed by atoms with Gasteiger partial charge >= 0.3 is 0 Å². The Morgan fingerprint density at radius 1 is 0.950 bits per heavy atom. The van der Waals surface area contributed by atoms with Crippen LogP contribution in [0.5, 0.6) is 0 Å². The van der Waals surface area contributed by atoms with Gasteiger partial charge in [-0.2, -0.15) is 0 Å². The zero-order valence-electron chi connectivity index (χ0n) is 11.6. The predicted molar refractivity (Wildman–Crippen MR) is 87.3 cm³/mol. The summed E-state index contributed by atoms with van der Waals surface area (Å²) in [6.07, 6.45) is 6.30. The monoisotopic (exact) mass is 284 g/mol. The van der Waals surface area contributed by atoms with E-state index in [1.165, 1.54) is 11.3 Å². The van der Waals surface area contributed by atoms with E-state index in [4.69, 9.17) is 0 Å². The van der Waals surface area contributed by atoms with Crippen molar-refractivity contribution in [1.82, 2.24) is 9.38 Å². The van der Waals surface area contributed by atoms with Crippen LogP contribution in [0.4, 0.5) is 0 Å². The topological polar surface area (TPSA) is 17.3 Å². The van der Waals surface area contributed by atoms with Crippen LogP contribution in [0.25, 0.3) is 17.8 Å². The van der Waals surface area contributed by atoms with Crippen molar-refractivity contribution in [3.63, 3.8) is 0 Å². The summed E-state index contributed by atoms with van der Waals surface area (Å²) in [5.74, 6) is 0. The van der Waals surface area contributed by atoms with Crippen molar-refractivity contribution >= 4 is 30.2 Å². The molecule has 2 heterocycles. The number of fused-ring (bicyclic) bond motifs is 1. The molecule has 0 atom stereocenters. The van der Waals surface area contributed by atoms with E-state index in [1.807, 2.05) is 25.1 Å². The Kier molecular flexibility index (Phi) is 4.26. The maximum Gasteiger partial charge on any atom is 0.144 e. The molecule has 2 nitrogen and oxygen atoms in total. The van der Waals surface area contributed by atoms with Crippen molar-refractivity contribution < 1.29 is 0 Å². The Bertz CT molecular complexity index is 742. The highest BCUT2D eigenvalue weighted by Gasteiger charge is 2.05. The number of benzene rings is 1. The molecule has 0 N–H and O–H groups in total. The largest absolute Gasteiger partial charge is 0.304 e. The van der Waals surface area contributed by atoms with Gasteiger partial charge in [-0.25, -0.2) is 4.98 Å². The van der Waals surface area contributed by atoms with E-state index in [-0.39, 0.29) is 12.4 Å². The third-order valence-corrected chi connectivity index (χ3v) is 3.41. The van der Waals surface area contributed by atoms with E-state index >= 15 is 0 Å². The number of hydrogen-bond donors (Lipinski definition) is 0. The Morgan fingerprint density at radius 2 is 1.70 bits per heavy atom. The fraction of sp³-hybridized carbons (Fsp3) is 0.118. The smallest absolute Gasteiger partial charge is 0.144 e. The molecular weight excluding hydrogens is 268 g/mol. The summed E-state index contributed by atoms with van der Waals surface area (Å²) < 4.78 is 2.14. The molecule has 0 radical (unpaired) electrons. The van der Waals surface area contributed by atoms with Crippen molar-refractivity contribution in [2.75, 3.05) is 0 Å². The Hall–Kier alpha value is -2.06. The molecule has 2 aromatic heterocycles. The van der Waals surface area contributed by atoms with Crippen molar-refractivity contribution in [3.8, 4) is 0 Å². The van der Waals surface area contributed by atoms with Crippen LogP contribution in [0.2, 0.25) is 0 Å². The van der Waals surface area contributed by atoms with Gasteiger partial charge < -0.3 is 4.40 Å². The number of hydrogen-bond acceptors (Lipinski definition) is 1. The normalized spacial score (nSPS) is 10.9. The molecule has 0 saturated carbocycles. The maximum absolute atomic E-state index is 4.64. The lowest BCUT2D eigenvalue weighted by Gasteiger charge is -1.99. The average molecular weight is 285 g/mol. The summed E-state index contributed by atoms with van der Waals surface area (Å²) in [4.78, 5) is 4.64. The Morgan fingerprint density at radius 3 is 2.45 bits per heavy atom. The number of halogens is 1. The maximum atomic E-state index is 4.64. The van der Waals surface area contributed by atoms with Crippen LogP contribution in [-0.4, -0.2) is 9.38 Å². The predicted octanol–water partition coefficient (Wildman–Crippen LogP) is 4.54. The molecule has 102 valence electrons. The van der Waals surface area contributed by atoms with E-state index in [1.54, 1.807) is 0 Å². The number of imidazole rings is 1. The summed E-state index contributed by atoms with van der Waals surface area (Å²) in [6.45, 7) is 4.15. The van der Waals surface area contributed by atoms with Gasteiger partial charge in [0.25, 0.3) is 0 Å². The van der Waals surface area contributed by atoms with Crippen molar-refractivity contribution in [2.24, 2.45) is 0 Å². The van der Waals surface area contributed by atoms with Crippen LogP contribution in [-0.2, 0) is 0 Å². The lowest BCUT2D eigenvalue weighted by molar-refractivity contribution is 1.09.